The summed E-state index contributed by atoms with van der Waals surface area (Å²) in [6.07, 6.45) is 3.36. The van der Waals surface area contributed by atoms with Crippen LogP contribution >= 0.6 is 0 Å². The van der Waals surface area contributed by atoms with E-state index in [9.17, 15) is 0 Å². The van der Waals surface area contributed by atoms with Gasteiger partial charge in [-0.15, -0.1) is 0 Å². The van der Waals surface area contributed by atoms with E-state index in [4.69, 9.17) is 15.2 Å². The molecule has 0 unspecified atom stereocenters. The van der Waals surface area contributed by atoms with Gasteiger partial charge in [-0.3, -0.25) is 4.90 Å². The van der Waals surface area contributed by atoms with Crippen molar-refractivity contribution in [2.45, 2.75) is 31.8 Å². The van der Waals surface area contributed by atoms with Crippen LogP contribution in [0.2, 0.25) is 0 Å². The number of likely N-dealkylation sites (tertiary alicyclic amines) is 1. The first-order valence-electron chi connectivity index (χ1n) is 8.51. The molecule has 5 nitrogen and oxygen atoms in total. The highest BCUT2D eigenvalue weighted by Gasteiger charge is 2.17. The second-order valence-corrected chi connectivity index (χ2v) is 6.57. The summed E-state index contributed by atoms with van der Waals surface area (Å²) in [5.74, 6) is 1.69. The lowest BCUT2D eigenvalue weighted by Gasteiger charge is -2.23. The molecular formula is C18H31N3O2. The lowest BCUT2D eigenvalue weighted by Crippen LogP contribution is -2.26. The minimum Gasteiger partial charge on any atom is -0.493 e. The number of likely N-dealkylation sites (N-methyl/N-ethyl adjacent to an activating group) is 1. The Morgan fingerprint density at radius 1 is 1.26 bits per heavy atom. The zero-order valence-electron chi connectivity index (χ0n) is 14.8. The average molecular weight is 321 g/mol. The molecule has 0 bridgehead atoms. The highest BCUT2D eigenvalue weighted by molar-refractivity contribution is 5.46. The van der Waals surface area contributed by atoms with Gasteiger partial charge in [0, 0.05) is 24.7 Å². The number of benzene rings is 1. The molecular weight excluding hydrogens is 290 g/mol. The third kappa shape index (κ3) is 5.68. The highest BCUT2D eigenvalue weighted by Crippen LogP contribution is 2.32. The second-order valence-electron chi connectivity index (χ2n) is 6.57. The summed E-state index contributed by atoms with van der Waals surface area (Å²) in [6, 6.07) is 6.49. The molecule has 130 valence electrons. The van der Waals surface area contributed by atoms with Crippen molar-refractivity contribution in [2.24, 2.45) is 5.73 Å². The van der Waals surface area contributed by atoms with Crippen molar-refractivity contribution in [3.8, 4) is 11.5 Å². The Balaban J connectivity index is 2.07. The molecule has 2 N–H and O–H groups in total. The van der Waals surface area contributed by atoms with Gasteiger partial charge in [-0.2, -0.15) is 0 Å². The topological polar surface area (TPSA) is 51.0 Å². The molecule has 1 heterocycles. The molecule has 1 aromatic rings. The summed E-state index contributed by atoms with van der Waals surface area (Å²) in [5.41, 5.74) is 7.28. The molecule has 1 aromatic carbocycles. The molecule has 1 saturated heterocycles. The van der Waals surface area contributed by atoms with Crippen LogP contribution in [0.15, 0.2) is 18.2 Å². The summed E-state index contributed by atoms with van der Waals surface area (Å²) in [6.45, 7) is 4.58. The van der Waals surface area contributed by atoms with Gasteiger partial charge in [-0.05, 0) is 52.5 Å². The largest absolute Gasteiger partial charge is 0.493 e. The van der Waals surface area contributed by atoms with E-state index >= 15 is 0 Å². The minimum absolute atomic E-state index is 0.348. The molecule has 5 heteroatoms. The third-order valence-electron chi connectivity index (χ3n) is 4.32. The van der Waals surface area contributed by atoms with Gasteiger partial charge in [0.25, 0.3) is 0 Å². The maximum atomic E-state index is 6.08. The van der Waals surface area contributed by atoms with Crippen molar-refractivity contribution in [1.29, 1.82) is 0 Å². The van der Waals surface area contributed by atoms with Gasteiger partial charge < -0.3 is 20.1 Å². The summed E-state index contributed by atoms with van der Waals surface area (Å²) in [7, 11) is 5.79. The predicted octanol–water partition coefficient (Wildman–Crippen LogP) is 1.95. The van der Waals surface area contributed by atoms with Crippen LogP contribution in [-0.4, -0.2) is 63.3 Å². The zero-order chi connectivity index (χ0) is 16.7. The van der Waals surface area contributed by atoms with E-state index in [1.807, 2.05) is 26.2 Å². The van der Waals surface area contributed by atoms with E-state index in [1.165, 1.54) is 12.0 Å². The summed E-state index contributed by atoms with van der Waals surface area (Å²) >= 11 is 0. The van der Waals surface area contributed by atoms with Crippen molar-refractivity contribution >= 4 is 0 Å². The number of hydrogen-bond donors (Lipinski definition) is 1. The quantitative estimate of drug-likeness (QED) is 0.832. The smallest absolute Gasteiger partial charge is 0.165 e. The van der Waals surface area contributed by atoms with Crippen molar-refractivity contribution < 1.29 is 9.47 Å². The first kappa shape index (κ1) is 18.0. The molecule has 1 aliphatic heterocycles. The van der Waals surface area contributed by atoms with Crippen molar-refractivity contribution in [3.05, 3.63) is 23.8 Å². The number of methoxy groups -OCH3 is 1. The summed E-state index contributed by atoms with van der Waals surface area (Å²) in [5, 5.41) is 0. The van der Waals surface area contributed by atoms with Crippen LogP contribution in [0, 0.1) is 0 Å². The van der Waals surface area contributed by atoms with E-state index in [0.717, 1.165) is 50.5 Å². The molecule has 2 rings (SSSR count). The Hall–Kier alpha value is -1.30. The fourth-order valence-electron chi connectivity index (χ4n) is 2.92. The van der Waals surface area contributed by atoms with Crippen LogP contribution in [-0.2, 0) is 6.54 Å². The van der Waals surface area contributed by atoms with E-state index in [-0.39, 0.29) is 0 Å². The number of hydrogen-bond acceptors (Lipinski definition) is 5. The van der Waals surface area contributed by atoms with E-state index < -0.39 is 0 Å². The van der Waals surface area contributed by atoms with Gasteiger partial charge in [0.05, 0.1) is 7.11 Å². The molecule has 0 aromatic heterocycles. The molecule has 0 radical (unpaired) electrons. The van der Waals surface area contributed by atoms with Gasteiger partial charge in [0.1, 0.15) is 6.61 Å². The van der Waals surface area contributed by atoms with E-state index in [0.29, 0.717) is 12.6 Å². The normalized spacial score (nSPS) is 19.6. The van der Waals surface area contributed by atoms with E-state index in [2.05, 4.69) is 15.9 Å². The first-order chi connectivity index (χ1) is 11.1. The average Bonchev–Trinajstić information content (AvgIpc) is 2.73. The second kappa shape index (κ2) is 9.11. The maximum absolute atomic E-state index is 6.08. The van der Waals surface area contributed by atoms with Crippen LogP contribution in [0.25, 0.3) is 0 Å². The number of para-hydroxylation sites is 1. The predicted molar refractivity (Wildman–Crippen MR) is 94.1 cm³/mol. The summed E-state index contributed by atoms with van der Waals surface area (Å²) in [4.78, 5) is 4.59. The van der Waals surface area contributed by atoms with Gasteiger partial charge in [0.2, 0.25) is 0 Å². The standard InChI is InChI=1S/C18H31N3O2/c1-20(2)12-13-23-18-15(6-4-8-17(18)22-3)14-21-10-5-7-16(19)9-11-21/h4,6,8,16H,5,7,9-14,19H2,1-3H3/t16-/m1/s1. The van der Waals surface area contributed by atoms with Crippen LogP contribution in [0.3, 0.4) is 0 Å². The lowest BCUT2D eigenvalue weighted by atomic mass is 10.1. The van der Waals surface area contributed by atoms with Crippen molar-refractivity contribution in [1.82, 2.24) is 9.80 Å². The van der Waals surface area contributed by atoms with Crippen LogP contribution in [0.1, 0.15) is 24.8 Å². The zero-order valence-corrected chi connectivity index (χ0v) is 14.8. The lowest BCUT2D eigenvalue weighted by molar-refractivity contribution is 0.236. The van der Waals surface area contributed by atoms with Gasteiger partial charge >= 0.3 is 0 Å². The first-order valence-corrected chi connectivity index (χ1v) is 8.51. The van der Waals surface area contributed by atoms with Crippen LogP contribution in [0.5, 0.6) is 11.5 Å². The molecule has 0 aliphatic carbocycles. The molecule has 0 amide bonds. The number of nitrogens with zero attached hydrogens (tertiary/aromatic N) is 2. The molecule has 0 spiro atoms. The van der Waals surface area contributed by atoms with Crippen LogP contribution < -0.4 is 15.2 Å². The Morgan fingerprint density at radius 2 is 2.09 bits per heavy atom. The fourth-order valence-corrected chi connectivity index (χ4v) is 2.92. The number of nitrogens with two attached hydrogens (primary N) is 1. The molecule has 0 saturated carbocycles. The Bertz CT molecular complexity index is 479. The molecule has 1 fully saturated rings. The van der Waals surface area contributed by atoms with E-state index in [1.54, 1.807) is 7.11 Å². The number of rotatable bonds is 7. The maximum Gasteiger partial charge on any atom is 0.165 e. The summed E-state index contributed by atoms with van der Waals surface area (Å²) < 4.78 is 11.5. The monoisotopic (exact) mass is 321 g/mol. The van der Waals surface area contributed by atoms with Gasteiger partial charge in [0.15, 0.2) is 11.5 Å². The Labute approximate surface area is 140 Å². The molecule has 23 heavy (non-hydrogen) atoms. The Morgan fingerprint density at radius 3 is 2.83 bits per heavy atom. The molecule has 1 aliphatic rings. The van der Waals surface area contributed by atoms with Crippen molar-refractivity contribution in [2.75, 3.05) is 47.4 Å². The van der Waals surface area contributed by atoms with Crippen molar-refractivity contribution in [3.63, 3.8) is 0 Å². The molecule has 1 atom stereocenters. The number of ether oxygens (including phenoxy) is 2. The SMILES string of the molecule is COc1cccc(CN2CCC[C@@H](N)CC2)c1OCCN(C)C. The van der Waals surface area contributed by atoms with Gasteiger partial charge in [-0.25, -0.2) is 0 Å². The third-order valence-corrected chi connectivity index (χ3v) is 4.32. The van der Waals surface area contributed by atoms with Crippen LogP contribution in [0.4, 0.5) is 0 Å². The highest BCUT2D eigenvalue weighted by atomic mass is 16.5. The Kier molecular flexibility index (Phi) is 7.15. The fraction of sp³-hybridized carbons (Fsp3) is 0.667. The minimum atomic E-state index is 0.348. The van der Waals surface area contributed by atoms with Gasteiger partial charge in [-0.1, -0.05) is 12.1 Å².